The Morgan fingerprint density at radius 1 is 1.06 bits per heavy atom. The lowest BCUT2D eigenvalue weighted by Crippen LogP contribution is -2.22. The summed E-state index contributed by atoms with van der Waals surface area (Å²) in [6.07, 6.45) is 1.68. The van der Waals surface area contributed by atoms with Gasteiger partial charge in [-0.05, 0) is 65.9 Å². The predicted molar refractivity (Wildman–Crippen MR) is 135 cm³/mol. The Hall–Kier alpha value is -4.44. The maximum Gasteiger partial charge on any atom is 0.290 e. The molecule has 0 spiro atoms. The number of nitrogens with one attached hydrogen (secondary N) is 2. The Morgan fingerprint density at radius 3 is 2.60 bits per heavy atom. The lowest BCUT2D eigenvalue weighted by molar-refractivity contribution is 0.0913. The van der Waals surface area contributed by atoms with Crippen LogP contribution in [-0.2, 0) is 12.0 Å². The van der Waals surface area contributed by atoms with Crippen molar-refractivity contribution in [2.75, 3.05) is 5.32 Å². The van der Waals surface area contributed by atoms with Gasteiger partial charge in [-0.3, -0.25) is 9.78 Å². The van der Waals surface area contributed by atoms with Crippen molar-refractivity contribution in [3.8, 4) is 17.3 Å². The lowest BCUT2D eigenvalue weighted by Gasteiger charge is -2.21. The zero-order chi connectivity index (χ0) is 25.0. The molecule has 1 amide bonds. The minimum atomic E-state index is -0.357. The molecule has 0 radical (unpaired) electrons. The molecular formula is C28H27N5O2. The normalized spacial score (nSPS) is 11.1. The summed E-state index contributed by atoms with van der Waals surface area (Å²) in [4.78, 5) is 16.7. The first-order chi connectivity index (χ1) is 16.7. The highest BCUT2D eigenvalue weighted by molar-refractivity contribution is 5.92. The van der Waals surface area contributed by atoms with Crippen molar-refractivity contribution in [2.45, 2.75) is 39.7 Å². The summed E-state index contributed by atoms with van der Waals surface area (Å²) in [6, 6.07) is 21.1. The molecule has 2 heterocycles. The lowest BCUT2D eigenvalue weighted by atomic mass is 9.86. The van der Waals surface area contributed by atoms with Crippen LogP contribution in [0, 0.1) is 18.3 Å². The van der Waals surface area contributed by atoms with Crippen LogP contribution in [0.5, 0.6) is 0 Å². The van der Waals surface area contributed by atoms with Crippen LogP contribution in [0.25, 0.3) is 11.3 Å². The molecule has 0 aliphatic heterocycles. The topological polar surface area (TPSA) is 104 Å². The largest absolute Gasteiger partial charge is 0.355 e. The molecular weight excluding hydrogens is 438 g/mol. The summed E-state index contributed by atoms with van der Waals surface area (Å²) in [5.74, 6) is -0.227. The second-order valence-corrected chi connectivity index (χ2v) is 9.40. The van der Waals surface area contributed by atoms with Gasteiger partial charge in [-0.2, -0.15) is 5.26 Å². The summed E-state index contributed by atoms with van der Waals surface area (Å²) in [7, 11) is 0. The van der Waals surface area contributed by atoms with Gasteiger partial charge in [0.2, 0.25) is 5.76 Å². The minimum Gasteiger partial charge on any atom is -0.355 e. The van der Waals surface area contributed by atoms with Crippen molar-refractivity contribution in [1.29, 1.82) is 5.26 Å². The summed E-state index contributed by atoms with van der Waals surface area (Å²) in [6.45, 7) is 8.62. The number of carbonyl (C=O) groups excluding carboxylic acids is 1. The van der Waals surface area contributed by atoms with E-state index in [0.717, 1.165) is 33.8 Å². The van der Waals surface area contributed by atoms with E-state index >= 15 is 0 Å². The molecule has 0 aliphatic rings. The number of nitriles is 1. The van der Waals surface area contributed by atoms with Gasteiger partial charge in [0.1, 0.15) is 5.69 Å². The smallest absolute Gasteiger partial charge is 0.290 e. The molecule has 7 heteroatoms. The maximum absolute atomic E-state index is 12.5. The number of pyridine rings is 1. The molecule has 176 valence electrons. The number of nitrogens with zero attached hydrogens (tertiary/aromatic N) is 3. The number of hydrogen-bond acceptors (Lipinski definition) is 6. The van der Waals surface area contributed by atoms with Crippen LogP contribution in [0.3, 0.4) is 0 Å². The van der Waals surface area contributed by atoms with Gasteiger partial charge in [0, 0.05) is 29.2 Å². The zero-order valence-corrected chi connectivity index (χ0v) is 20.2. The molecule has 2 N–H and O–H groups in total. The molecule has 0 atom stereocenters. The molecule has 0 fully saturated rings. The SMILES string of the molecule is Cc1ccc(Nc2cc(C#N)cc(C(C)(C)C)c2)cc1-c1cc(C(=O)NCc2ccccn2)on1. The number of aryl methyl sites for hydroxylation is 1. The van der Waals surface area contributed by atoms with E-state index in [4.69, 9.17) is 4.52 Å². The Kier molecular flexibility index (Phi) is 6.65. The van der Waals surface area contributed by atoms with E-state index in [0.29, 0.717) is 17.8 Å². The van der Waals surface area contributed by atoms with Gasteiger partial charge in [-0.1, -0.05) is 38.1 Å². The molecule has 0 saturated carbocycles. The van der Waals surface area contributed by atoms with E-state index in [2.05, 4.69) is 53.7 Å². The van der Waals surface area contributed by atoms with Gasteiger partial charge in [0.05, 0.1) is 23.9 Å². The maximum atomic E-state index is 12.5. The van der Waals surface area contributed by atoms with Crippen molar-refractivity contribution in [1.82, 2.24) is 15.5 Å². The number of rotatable bonds is 6. The van der Waals surface area contributed by atoms with Crippen LogP contribution in [0.1, 0.15) is 53.7 Å². The number of aromatic nitrogens is 2. The summed E-state index contributed by atoms with van der Waals surface area (Å²) in [5, 5.41) is 19.8. The third kappa shape index (κ3) is 5.74. The quantitative estimate of drug-likeness (QED) is 0.368. The molecule has 0 saturated heterocycles. The molecule has 2 aromatic carbocycles. The second-order valence-electron chi connectivity index (χ2n) is 9.40. The number of carbonyl (C=O) groups is 1. The molecule has 4 aromatic rings. The van der Waals surface area contributed by atoms with E-state index in [1.54, 1.807) is 12.3 Å². The summed E-state index contributed by atoms with van der Waals surface area (Å²) in [5.41, 5.74) is 6.41. The fourth-order valence-corrected chi connectivity index (χ4v) is 3.61. The highest BCUT2D eigenvalue weighted by Crippen LogP contribution is 2.31. The third-order valence-electron chi connectivity index (χ3n) is 5.62. The fraction of sp³-hybridized carbons (Fsp3) is 0.214. The van der Waals surface area contributed by atoms with Crippen LogP contribution >= 0.6 is 0 Å². The van der Waals surface area contributed by atoms with Crippen molar-refractivity contribution >= 4 is 17.3 Å². The molecule has 2 aromatic heterocycles. The molecule has 35 heavy (non-hydrogen) atoms. The minimum absolute atomic E-state index is 0.0873. The third-order valence-corrected chi connectivity index (χ3v) is 5.62. The van der Waals surface area contributed by atoms with Gasteiger partial charge >= 0.3 is 0 Å². The number of amides is 1. The van der Waals surface area contributed by atoms with Gasteiger partial charge in [-0.25, -0.2) is 0 Å². The highest BCUT2D eigenvalue weighted by Gasteiger charge is 2.17. The van der Waals surface area contributed by atoms with Gasteiger partial charge in [-0.15, -0.1) is 0 Å². The van der Waals surface area contributed by atoms with E-state index in [1.165, 1.54) is 0 Å². The van der Waals surface area contributed by atoms with E-state index < -0.39 is 0 Å². The summed E-state index contributed by atoms with van der Waals surface area (Å²) < 4.78 is 5.33. The van der Waals surface area contributed by atoms with Crippen molar-refractivity contribution in [3.63, 3.8) is 0 Å². The first kappa shape index (κ1) is 23.7. The van der Waals surface area contributed by atoms with Gasteiger partial charge in [0.25, 0.3) is 5.91 Å². The Labute approximate surface area is 204 Å². The second kappa shape index (κ2) is 9.82. The molecule has 0 bridgehead atoms. The molecule has 0 unspecified atom stereocenters. The highest BCUT2D eigenvalue weighted by atomic mass is 16.5. The van der Waals surface area contributed by atoms with Crippen LogP contribution in [0.2, 0.25) is 0 Å². The molecule has 4 rings (SSSR count). The van der Waals surface area contributed by atoms with E-state index in [1.807, 2.05) is 55.5 Å². The average Bonchev–Trinajstić information content (AvgIpc) is 3.34. The van der Waals surface area contributed by atoms with Crippen LogP contribution < -0.4 is 10.6 Å². The zero-order valence-electron chi connectivity index (χ0n) is 20.2. The monoisotopic (exact) mass is 465 g/mol. The average molecular weight is 466 g/mol. The van der Waals surface area contributed by atoms with E-state index in [-0.39, 0.29) is 17.1 Å². The van der Waals surface area contributed by atoms with Crippen molar-refractivity contribution in [2.24, 2.45) is 0 Å². The van der Waals surface area contributed by atoms with Crippen LogP contribution in [-0.4, -0.2) is 16.0 Å². The van der Waals surface area contributed by atoms with E-state index in [9.17, 15) is 10.1 Å². The summed E-state index contributed by atoms with van der Waals surface area (Å²) >= 11 is 0. The van der Waals surface area contributed by atoms with Gasteiger partial charge in [0.15, 0.2) is 0 Å². The van der Waals surface area contributed by atoms with Crippen molar-refractivity contribution in [3.05, 3.63) is 95.0 Å². The van der Waals surface area contributed by atoms with Crippen LogP contribution in [0.4, 0.5) is 11.4 Å². The number of anilines is 2. The molecule has 0 aliphatic carbocycles. The number of hydrogen-bond donors (Lipinski definition) is 2. The first-order valence-electron chi connectivity index (χ1n) is 11.3. The Balaban J connectivity index is 1.54. The first-order valence-corrected chi connectivity index (χ1v) is 11.3. The Morgan fingerprint density at radius 2 is 1.89 bits per heavy atom. The Bertz CT molecular complexity index is 1400. The van der Waals surface area contributed by atoms with Crippen LogP contribution in [0.15, 0.2) is 71.4 Å². The van der Waals surface area contributed by atoms with Gasteiger partial charge < -0.3 is 15.2 Å². The fourth-order valence-electron chi connectivity index (χ4n) is 3.61. The standard InChI is InChI=1S/C28H27N5O2/c1-18-8-9-21(32-23-12-19(16-29)11-20(13-23)28(2,3)4)14-24(18)25-15-26(35-33-25)27(34)31-17-22-7-5-6-10-30-22/h5-15,32H,17H2,1-4H3,(H,31,34). The predicted octanol–water partition coefficient (Wildman–Crippen LogP) is 5.89. The number of benzene rings is 2. The van der Waals surface area contributed by atoms with Crippen molar-refractivity contribution < 1.29 is 9.32 Å². The molecule has 7 nitrogen and oxygen atoms in total.